The minimum absolute atomic E-state index is 0.0494. The van der Waals surface area contributed by atoms with Crippen LogP contribution in [-0.4, -0.2) is 400 Å². The first-order valence-electron chi connectivity index (χ1n) is 50.1. The second kappa shape index (κ2) is 56.7. The van der Waals surface area contributed by atoms with Gasteiger partial charge in [-0.05, 0) is 114 Å². The normalized spacial score (nSPS) is 41.9. The van der Waals surface area contributed by atoms with Gasteiger partial charge < -0.3 is 186 Å². The summed E-state index contributed by atoms with van der Waals surface area (Å²) in [5.74, 6) is -6.50. The molecule has 9 aliphatic heterocycles. The zero-order valence-electron chi connectivity index (χ0n) is 81.5. The van der Waals surface area contributed by atoms with Crippen LogP contribution in [0.15, 0.2) is 0 Å². The Hall–Kier alpha value is -3.97. The Morgan fingerprint density at radius 1 is 0.358 bits per heavy atom. The van der Waals surface area contributed by atoms with Crippen LogP contribution in [0, 0.1) is 11.8 Å². The lowest BCUT2D eigenvalue weighted by Gasteiger charge is -2.50. The zero-order chi connectivity index (χ0) is 101. The number of fused-ring (bicyclic) bond motifs is 4. The number of aliphatic hydroxyl groups excluding tert-OH is 17. The van der Waals surface area contributed by atoms with Gasteiger partial charge in [0.05, 0.1) is 79.5 Å². The zero-order valence-corrected chi connectivity index (χ0v) is 81.5. The highest BCUT2D eigenvalue weighted by molar-refractivity contribution is 5.74. The van der Waals surface area contributed by atoms with Gasteiger partial charge in [-0.2, -0.15) is 0 Å². The molecule has 9 fully saturated rings. The van der Waals surface area contributed by atoms with Crippen molar-refractivity contribution in [2.75, 3.05) is 13.2 Å². The lowest BCUT2D eigenvalue weighted by molar-refractivity contribution is -0.399. The third-order valence-electron chi connectivity index (χ3n) is 27.7. The molecular weight excluding hydrogens is 1820 g/mol. The van der Waals surface area contributed by atoms with Crippen molar-refractivity contribution in [2.24, 2.45) is 11.8 Å². The fraction of sp³-hybridized carbons (Fsp3) is 0.947. The Morgan fingerprint density at radius 3 is 1.37 bits per heavy atom. The molecule has 0 aromatic carbocycles. The molecule has 137 heavy (non-hydrogen) atoms. The standard InChI is InChI=1S/C94H162O43/c1-14-17-29-36-54(124-90-79(65(105)61(101)48(8)118-90)135-92-81(67(107)63(103)56(42-95)126-92)134-89-74(114)71(111)77(52(12)122-89)132-87-72(112)69(109)75(50(10)120-87)128-58(98)35-16-3)38-31-25-21-19-23-27-33-40-59(99)129-76-51(11)121-88(73(113)70(76)110)133-78-53(13)123-94-84(131-86(116)45(5)47(7)97)83(78)130-60(100)41-34-28-24-20-22-26-32-39-55(37-30-18-15-2)125-91-80(66(106)62(102)49(9)119-91)136-93-82(137-94)68(108)64(104)57(127-93)43-117-85(115)44(4)46(6)96/h44-57,61-84,87-97,101-114H,14-43H2,1-13H3. The van der Waals surface area contributed by atoms with Crippen LogP contribution in [-0.2, 0) is 123 Å². The molecule has 46 unspecified atom stereocenters. The molecule has 43 heteroatoms. The molecule has 46 atom stereocenters. The lowest BCUT2D eigenvalue weighted by atomic mass is 9.95. The summed E-state index contributed by atoms with van der Waals surface area (Å²) in [6.45, 7) is 18.6. The van der Waals surface area contributed by atoms with E-state index in [0.717, 1.165) is 89.9 Å². The maximum absolute atomic E-state index is 14.4. The van der Waals surface area contributed by atoms with Crippen LogP contribution in [0.4, 0.5) is 0 Å². The molecule has 0 amide bonds. The van der Waals surface area contributed by atoms with Gasteiger partial charge in [0.1, 0.15) is 141 Å². The Labute approximate surface area is 801 Å². The van der Waals surface area contributed by atoms with Gasteiger partial charge in [0.15, 0.2) is 74.7 Å². The summed E-state index contributed by atoms with van der Waals surface area (Å²) in [5, 5.41) is 194. The quantitative estimate of drug-likeness (QED) is 0.0233. The molecule has 0 saturated carbocycles. The fourth-order valence-electron chi connectivity index (χ4n) is 18.4. The lowest BCUT2D eigenvalue weighted by Crippen LogP contribution is -2.68. The van der Waals surface area contributed by atoms with Crippen molar-refractivity contribution in [1.29, 1.82) is 0 Å². The smallest absolute Gasteiger partial charge is 0.311 e. The number of aliphatic hydroxyl groups is 17. The molecule has 9 rings (SSSR count). The van der Waals surface area contributed by atoms with E-state index < -0.39 is 325 Å². The van der Waals surface area contributed by atoms with Gasteiger partial charge in [0, 0.05) is 19.3 Å². The maximum atomic E-state index is 14.4. The second-order valence-corrected chi connectivity index (χ2v) is 38.7. The average Bonchev–Trinajstić information content (AvgIpc) is 0.728. The van der Waals surface area contributed by atoms with Crippen molar-refractivity contribution in [1.82, 2.24) is 0 Å². The first-order valence-corrected chi connectivity index (χ1v) is 50.1. The van der Waals surface area contributed by atoms with Gasteiger partial charge >= 0.3 is 29.8 Å². The molecule has 9 heterocycles. The molecule has 0 radical (unpaired) electrons. The van der Waals surface area contributed by atoms with E-state index in [0.29, 0.717) is 70.6 Å². The molecule has 9 aliphatic rings. The van der Waals surface area contributed by atoms with Crippen LogP contribution < -0.4 is 0 Å². The van der Waals surface area contributed by atoms with E-state index in [9.17, 15) is 111 Å². The number of hydrogen-bond donors (Lipinski definition) is 17. The maximum Gasteiger partial charge on any atom is 0.311 e. The molecule has 2 bridgehead atoms. The van der Waals surface area contributed by atoms with E-state index in [1.807, 2.05) is 6.92 Å². The van der Waals surface area contributed by atoms with Crippen LogP contribution >= 0.6 is 0 Å². The van der Waals surface area contributed by atoms with Crippen molar-refractivity contribution < 1.29 is 210 Å². The van der Waals surface area contributed by atoms with Gasteiger partial charge in [0.2, 0.25) is 0 Å². The number of rotatable bonds is 40. The fourth-order valence-corrected chi connectivity index (χ4v) is 18.4. The molecule has 17 N–H and O–H groups in total. The first-order chi connectivity index (χ1) is 65.1. The third kappa shape index (κ3) is 32.0. The number of unbranched alkanes of at least 4 members (excludes halogenated alkanes) is 10. The van der Waals surface area contributed by atoms with Gasteiger partial charge in [-0.1, -0.05) is 136 Å². The summed E-state index contributed by atoms with van der Waals surface area (Å²) in [4.78, 5) is 68.0. The van der Waals surface area contributed by atoms with Crippen molar-refractivity contribution in [3.63, 3.8) is 0 Å². The number of esters is 5. The Balaban J connectivity index is 0.817. The Morgan fingerprint density at radius 2 is 0.788 bits per heavy atom. The highest BCUT2D eigenvalue weighted by atomic mass is 16.8. The number of carbonyl (C=O) groups is 5. The minimum Gasteiger partial charge on any atom is -0.463 e. The van der Waals surface area contributed by atoms with Crippen LogP contribution in [0.2, 0.25) is 0 Å². The van der Waals surface area contributed by atoms with Gasteiger partial charge in [0.25, 0.3) is 0 Å². The van der Waals surface area contributed by atoms with Crippen LogP contribution in [0.5, 0.6) is 0 Å². The van der Waals surface area contributed by atoms with E-state index in [4.69, 9.17) is 99.5 Å². The molecule has 0 spiro atoms. The van der Waals surface area contributed by atoms with Crippen LogP contribution in [0.25, 0.3) is 0 Å². The summed E-state index contributed by atoms with van der Waals surface area (Å²) in [5.41, 5.74) is 0. The number of ether oxygens (including phenoxy) is 21. The van der Waals surface area contributed by atoms with Gasteiger partial charge in [-0.25, -0.2) is 0 Å². The van der Waals surface area contributed by atoms with Crippen molar-refractivity contribution >= 4 is 29.8 Å². The van der Waals surface area contributed by atoms with Crippen molar-refractivity contribution in [3.8, 4) is 0 Å². The summed E-state index contributed by atoms with van der Waals surface area (Å²) >= 11 is 0. The average molecular weight is 1980 g/mol. The first kappa shape index (κ1) is 117. The predicted molar refractivity (Wildman–Crippen MR) is 472 cm³/mol. The predicted octanol–water partition coefficient (Wildman–Crippen LogP) is 1.25. The third-order valence-corrected chi connectivity index (χ3v) is 27.7. The Bertz CT molecular complexity index is 3500. The molecule has 43 nitrogen and oxygen atoms in total. The van der Waals surface area contributed by atoms with Crippen LogP contribution in [0.1, 0.15) is 270 Å². The number of hydrogen-bond acceptors (Lipinski definition) is 43. The minimum atomic E-state index is -2.13. The van der Waals surface area contributed by atoms with E-state index in [2.05, 4.69) is 6.92 Å². The summed E-state index contributed by atoms with van der Waals surface area (Å²) in [7, 11) is 0. The summed E-state index contributed by atoms with van der Waals surface area (Å²) in [6, 6.07) is 0. The van der Waals surface area contributed by atoms with Crippen molar-refractivity contribution in [2.45, 2.75) is 540 Å². The molecular formula is C94H162O43. The van der Waals surface area contributed by atoms with Crippen LogP contribution in [0.3, 0.4) is 0 Å². The largest absolute Gasteiger partial charge is 0.463 e. The summed E-state index contributed by atoms with van der Waals surface area (Å²) in [6.07, 6.45) is -52.7. The Kier molecular flexibility index (Phi) is 48.2. The van der Waals surface area contributed by atoms with E-state index in [1.165, 1.54) is 69.2 Å². The van der Waals surface area contributed by atoms with Gasteiger partial charge in [-0.15, -0.1) is 0 Å². The monoisotopic (exact) mass is 1980 g/mol. The molecule has 9 saturated heterocycles. The molecule has 796 valence electrons. The SMILES string of the molecule is CCCCCC(CCCCCCCCCC(=O)OC1C(C)OC(OC2C(C)OC3OC4C(OC(COC(=O)C(C)C(C)O)C(O)C4O)OC4C(OC(CCCCC)CCCCCCCCCC(=O)OC2C3OC(=O)C(C)C(C)O)OC(C)C(O)C4O)C(O)C1O)OC1OC(C)C(O)C(O)C1OC1OC(CO)C(O)C(O)C1OC1OC(C)C(OC2OC(C)C(OC(=O)CCC)C(O)C2O)C(O)C1O. The van der Waals surface area contributed by atoms with E-state index >= 15 is 0 Å². The topological polar surface area (TPSA) is 623 Å². The molecule has 0 aromatic heterocycles. The van der Waals surface area contributed by atoms with Crippen molar-refractivity contribution in [3.05, 3.63) is 0 Å². The van der Waals surface area contributed by atoms with E-state index in [1.54, 1.807) is 6.92 Å². The highest BCUT2D eigenvalue weighted by Gasteiger charge is 2.61. The summed E-state index contributed by atoms with van der Waals surface area (Å²) < 4.78 is 130. The molecule has 0 aromatic rings. The van der Waals surface area contributed by atoms with Gasteiger partial charge in [-0.3, -0.25) is 24.0 Å². The molecule has 0 aliphatic carbocycles. The second-order valence-electron chi connectivity index (χ2n) is 38.7. The van der Waals surface area contributed by atoms with E-state index in [-0.39, 0.29) is 19.3 Å². The number of carbonyl (C=O) groups excluding carboxylic acids is 5. The highest BCUT2D eigenvalue weighted by Crippen LogP contribution is 2.42.